The molecule has 1 amide bonds. The second kappa shape index (κ2) is 8.15. The standard InChI is InChI=1S/C19H21BrN2O.ClH/c20-16-9-4-8-15(12-16)19(10-5-11-19)22-18(23)13-17(21)14-6-2-1-3-7-14;/h1-4,6-9,12,17H,5,10-11,13,21H2,(H,22,23);1H. The van der Waals surface area contributed by atoms with Crippen molar-refractivity contribution in [1.29, 1.82) is 0 Å². The predicted octanol–water partition coefficient (Wildman–Crippen LogP) is 4.46. The van der Waals surface area contributed by atoms with Gasteiger partial charge in [-0.15, -0.1) is 12.4 Å². The van der Waals surface area contributed by atoms with E-state index in [1.807, 2.05) is 42.5 Å². The van der Waals surface area contributed by atoms with E-state index < -0.39 is 0 Å². The molecule has 1 unspecified atom stereocenters. The van der Waals surface area contributed by atoms with Crippen molar-refractivity contribution < 1.29 is 4.79 Å². The van der Waals surface area contributed by atoms with E-state index in [0.29, 0.717) is 6.42 Å². The topological polar surface area (TPSA) is 55.1 Å². The molecule has 1 aliphatic carbocycles. The SMILES string of the molecule is Cl.NC(CC(=O)NC1(c2cccc(Br)c2)CCC1)c1ccccc1. The van der Waals surface area contributed by atoms with Crippen molar-refractivity contribution in [3.63, 3.8) is 0 Å². The Labute approximate surface area is 157 Å². The normalized spacial score (nSPS) is 16.4. The fourth-order valence-corrected chi connectivity index (χ4v) is 3.54. The Bertz CT molecular complexity index is 689. The van der Waals surface area contributed by atoms with E-state index in [-0.39, 0.29) is 29.9 Å². The highest BCUT2D eigenvalue weighted by molar-refractivity contribution is 9.10. The van der Waals surface area contributed by atoms with Gasteiger partial charge in [-0.1, -0.05) is 58.4 Å². The molecule has 0 heterocycles. The molecule has 5 heteroatoms. The van der Waals surface area contributed by atoms with Gasteiger partial charge in [0, 0.05) is 16.9 Å². The first kappa shape index (κ1) is 19.0. The van der Waals surface area contributed by atoms with E-state index in [4.69, 9.17) is 5.73 Å². The van der Waals surface area contributed by atoms with Gasteiger partial charge in [-0.05, 0) is 42.5 Å². The van der Waals surface area contributed by atoms with Crippen LogP contribution in [-0.4, -0.2) is 5.91 Å². The molecule has 0 bridgehead atoms. The van der Waals surface area contributed by atoms with E-state index in [9.17, 15) is 4.79 Å². The Balaban J connectivity index is 0.00000208. The van der Waals surface area contributed by atoms with E-state index in [1.54, 1.807) is 0 Å². The molecule has 24 heavy (non-hydrogen) atoms. The number of carbonyl (C=O) groups excluding carboxylic acids is 1. The molecule has 0 spiro atoms. The van der Waals surface area contributed by atoms with Crippen molar-refractivity contribution in [2.45, 2.75) is 37.3 Å². The fourth-order valence-electron chi connectivity index (χ4n) is 3.14. The molecule has 1 saturated carbocycles. The van der Waals surface area contributed by atoms with Crippen molar-refractivity contribution in [3.8, 4) is 0 Å². The number of nitrogens with two attached hydrogens (primary N) is 1. The van der Waals surface area contributed by atoms with Gasteiger partial charge in [0.1, 0.15) is 0 Å². The smallest absolute Gasteiger partial charge is 0.222 e. The summed E-state index contributed by atoms with van der Waals surface area (Å²) in [4.78, 5) is 12.5. The number of halogens is 2. The first-order chi connectivity index (χ1) is 11.1. The second-order valence-corrected chi connectivity index (χ2v) is 7.13. The molecule has 2 aromatic carbocycles. The van der Waals surface area contributed by atoms with Crippen LogP contribution in [0.15, 0.2) is 59.1 Å². The molecule has 3 rings (SSSR count). The Morgan fingerprint density at radius 1 is 1.17 bits per heavy atom. The largest absolute Gasteiger partial charge is 0.347 e. The average Bonchev–Trinajstić information content (AvgIpc) is 2.51. The Morgan fingerprint density at radius 3 is 2.46 bits per heavy atom. The highest BCUT2D eigenvalue weighted by atomic mass is 79.9. The van der Waals surface area contributed by atoms with Gasteiger partial charge in [0.15, 0.2) is 0 Å². The van der Waals surface area contributed by atoms with Crippen LogP contribution in [0.5, 0.6) is 0 Å². The zero-order valence-electron chi connectivity index (χ0n) is 13.4. The molecule has 1 aliphatic rings. The molecule has 0 saturated heterocycles. The number of hydrogen-bond donors (Lipinski definition) is 2. The second-order valence-electron chi connectivity index (χ2n) is 6.22. The quantitative estimate of drug-likeness (QED) is 0.766. The summed E-state index contributed by atoms with van der Waals surface area (Å²) >= 11 is 3.51. The zero-order chi connectivity index (χ0) is 16.3. The summed E-state index contributed by atoms with van der Waals surface area (Å²) in [7, 11) is 0. The van der Waals surface area contributed by atoms with Gasteiger partial charge in [0.25, 0.3) is 0 Å². The van der Waals surface area contributed by atoms with Crippen LogP contribution in [0.2, 0.25) is 0 Å². The Morgan fingerprint density at radius 2 is 1.88 bits per heavy atom. The fraction of sp³-hybridized carbons (Fsp3) is 0.316. The number of rotatable bonds is 5. The van der Waals surface area contributed by atoms with Crippen LogP contribution in [0.4, 0.5) is 0 Å². The third kappa shape index (κ3) is 4.18. The number of nitrogens with one attached hydrogen (secondary N) is 1. The van der Waals surface area contributed by atoms with Gasteiger partial charge in [-0.2, -0.15) is 0 Å². The van der Waals surface area contributed by atoms with Crippen molar-refractivity contribution in [1.82, 2.24) is 5.32 Å². The highest BCUT2D eigenvalue weighted by Crippen LogP contribution is 2.42. The molecule has 1 fully saturated rings. The summed E-state index contributed by atoms with van der Waals surface area (Å²) in [5, 5.41) is 3.23. The third-order valence-corrected chi connectivity index (χ3v) is 5.09. The summed E-state index contributed by atoms with van der Waals surface area (Å²) in [6, 6.07) is 17.7. The lowest BCUT2D eigenvalue weighted by Gasteiger charge is -2.43. The molecule has 1 atom stereocenters. The van der Waals surface area contributed by atoms with Crippen LogP contribution in [0, 0.1) is 0 Å². The molecule has 128 valence electrons. The van der Waals surface area contributed by atoms with Crippen molar-refractivity contribution >= 4 is 34.2 Å². The van der Waals surface area contributed by atoms with Gasteiger partial charge in [-0.25, -0.2) is 0 Å². The van der Waals surface area contributed by atoms with E-state index in [0.717, 1.165) is 29.3 Å². The predicted molar refractivity (Wildman–Crippen MR) is 103 cm³/mol. The van der Waals surface area contributed by atoms with E-state index >= 15 is 0 Å². The van der Waals surface area contributed by atoms with Gasteiger partial charge in [0.2, 0.25) is 5.91 Å². The number of amides is 1. The summed E-state index contributed by atoms with van der Waals surface area (Å²) in [6.45, 7) is 0. The molecule has 3 N–H and O–H groups in total. The molecular formula is C19H22BrClN2O. The number of hydrogen-bond acceptors (Lipinski definition) is 2. The van der Waals surface area contributed by atoms with E-state index in [2.05, 4.69) is 33.4 Å². The lowest BCUT2D eigenvalue weighted by atomic mass is 9.71. The number of carbonyl (C=O) groups is 1. The van der Waals surface area contributed by atoms with Crippen LogP contribution in [-0.2, 0) is 10.3 Å². The maximum absolute atomic E-state index is 12.5. The van der Waals surface area contributed by atoms with Crippen LogP contribution in [0.3, 0.4) is 0 Å². The average molecular weight is 410 g/mol. The Hall–Kier alpha value is -1.36. The van der Waals surface area contributed by atoms with Crippen molar-refractivity contribution in [2.24, 2.45) is 5.73 Å². The summed E-state index contributed by atoms with van der Waals surface area (Å²) in [5.41, 5.74) is 8.10. The lowest BCUT2D eigenvalue weighted by molar-refractivity contribution is -0.124. The van der Waals surface area contributed by atoms with Crippen molar-refractivity contribution in [2.75, 3.05) is 0 Å². The minimum absolute atomic E-state index is 0. The van der Waals surface area contributed by atoms with Crippen molar-refractivity contribution in [3.05, 3.63) is 70.2 Å². The summed E-state index contributed by atoms with van der Waals surface area (Å²) < 4.78 is 1.04. The van der Waals surface area contributed by atoms with Crippen LogP contribution in [0.25, 0.3) is 0 Å². The minimum Gasteiger partial charge on any atom is -0.347 e. The molecule has 2 aromatic rings. The molecule has 0 aromatic heterocycles. The third-order valence-electron chi connectivity index (χ3n) is 4.60. The Kier molecular flexibility index (Phi) is 6.44. The van der Waals surface area contributed by atoms with Crippen LogP contribution in [0.1, 0.15) is 42.9 Å². The van der Waals surface area contributed by atoms with Gasteiger partial charge >= 0.3 is 0 Å². The maximum atomic E-state index is 12.5. The maximum Gasteiger partial charge on any atom is 0.222 e. The van der Waals surface area contributed by atoms with Crippen LogP contribution < -0.4 is 11.1 Å². The van der Waals surface area contributed by atoms with Gasteiger partial charge in [-0.3, -0.25) is 4.79 Å². The van der Waals surface area contributed by atoms with Gasteiger partial charge in [0.05, 0.1) is 5.54 Å². The lowest BCUT2D eigenvalue weighted by Crippen LogP contribution is -2.51. The monoisotopic (exact) mass is 408 g/mol. The molecular weight excluding hydrogens is 388 g/mol. The first-order valence-corrected chi connectivity index (χ1v) is 8.76. The highest BCUT2D eigenvalue weighted by Gasteiger charge is 2.40. The zero-order valence-corrected chi connectivity index (χ0v) is 15.8. The number of benzene rings is 2. The van der Waals surface area contributed by atoms with E-state index in [1.165, 1.54) is 5.56 Å². The minimum atomic E-state index is -0.268. The summed E-state index contributed by atoms with van der Waals surface area (Å²) in [5.74, 6) is 0.0148. The molecule has 3 nitrogen and oxygen atoms in total. The molecule has 0 radical (unpaired) electrons. The van der Waals surface area contributed by atoms with Gasteiger partial charge < -0.3 is 11.1 Å². The first-order valence-electron chi connectivity index (χ1n) is 7.97. The summed E-state index contributed by atoms with van der Waals surface area (Å²) in [6.07, 6.45) is 3.41. The van der Waals surface area contributed by atoms with Crippen LogP contribution >= 0.6 is 28.3 Å². The molecule has 0 aliphatic heterocycles.